The van der Waals surface area contributed by atoms with Crippen LogP contribution in [-0.2, 0) is 17.8 Å². The molecule has 3 aromatic carbocycles. The minimum Gasteiger partial charge on any atom is -0.548 e. The van der Waals surface area contributed by atoms with Crippen LogP contribution < -0.4 is 20.6 Å². The summed E-state index contributed by atoms with van der Waals surface area (Å²) in [7, 11) is 0. The molecule has 0 radical (unpaired) electrons. The number of aliphatic carboxylic acids is 1. The van der Waals surface area contributed by atoms with Gasteiger partial charge in [-0.15, -0.1) is 0 Å². The van der Waals surface area contributed by atoms with E-state index in [9.17, 15) is 14.7 Å². The van der Waals surface area contributed by atoms with Crippen molar-refractivity contribution in [3.8, 4) is 5.69 Å². The van der Waals surface area contributed by atoms with Crippen LogP contribution in [-0.4, -0.2) is 32.8 Å². The van der Waals surface area contributed by atoms with Crippen LogP contribution in [0.4, 0.5) is 21.9 Å². The van der Waals surface area contributed by atoms with Gasteiger partial charge in [-0.1, -0.05) is 30.3 Å². The molecule has 1 aliphatic heterocycles. The molecule has 2 amide bonds. The quantitative estimate of drug-likeness (QED) is 0.374. The summed E-state index contributed by atoms with van der Waals surface area (Å²) in [6.07, 6.45) is 1.94. The fourth-order valence-electron chi connectivity index (χ4n) is 4.20. The monoisotopic (exact) mass is 485 g/mol. The zero-order valence-electron chi connectivity index (χ0n) is 18.5. The number of benzene rings is 3. The maximum atomic E-state index is 12.5. The SMILES string of the molecule is O=C(Nc1ccc(N2Cc3ccccc3CC2C(=O)[O-])cc1)Nc1cccc(-n2cn[nH]c2=S)c1. The summed E-state index contributed by atoms with van der Waals surface area (Å²) in [6.45, 7) is 0.471. The van der Waals surface area contributed by atoms with Crippen molar-refractivity contribution in [3.63, 3.8) is 0 Å². The van der Waals surface area contributed by atoms with Crippen LogP contribution in [0.25, 0.3) is 5.69 Å². The zero-order valence-corrected chi connectivity index (χ0v) is 19.3. The normalized spacial score (nSPS) is 14.7. The van der Waals surface area contributed by atoms with Crippen LogP contribution >= 0.6 is 12.2 Å². The summed E-state index contributed by atoms with van der Waals surface area (Å²) < 4.78 is 2.14. The van der Waals surface area contributed by atoms with Gasteiger partial charge in [0.2, 0.25) is 0 Å². The average Bonchev–Trinajstić information content (AvgIpc) is 3.29. The number of fused-ring (bicyclic) bond motifs is 1. The van der Waals surface area contributed by atoms with Crippen LogP contribution in [0.5, 0.6) is 0 Å². The molecule has 0 bridgehead atoms. The van der Waals surface area contributed by atoms with Gasteiger partial charge < -0.3 is 25.4 Å². The summed E-state index contributed by atoms with van der Waals surface area (Å²) >= 11 is 5.19. The van der Waals surface area contributed by atoms with E-state index in [0.717, 1.165) is 22.5 Å². The van der Waals surface area contributed by atoms with E-state index in [4.69, 9.17) is 12.2 Å². The first-order chi connectivity index (χ1) is 17.0. The molecule has 1 atom stereocenters. The van der Waals surface area contributed by atoms with E-state index in [2.05, 4.69) is 20.8 Å². The summed E-state index contributed by atoms with van der Waals surface area (Å²) in [5.74, 6) is -1.11. The van der Waals surface area contributed by atoms with Crippen molar-refractivity contribution in [2.24, 2.45) is 0 Å². The summed E-state index contributed by atoms with van der Waals surface area (Å²) in [4.78, 5) is 26.2. The van der Waals surface area contributed by atoms with Crippen molar-refractivity contribution < 1.29 is 14.7 Å². The highest BCUT2D eigenvalue weighted by Crippen LogP contribution is 2.29. The number of carboxylic acids is 1. The van der Waals surface area contributed by atoms with Gasteiger partial charge in [-0.25, -0.2) is 4.79 Å². The molecule has 1 aromatic heterocycles. The third-order valence-electron chi connectivity index (χ3n) is 5.91. The van der Waals surface area contributed by atoms with E-state index in [-0.39, 0.29) is 0 Å². The fraction of sp³-hybridized carbons (Fsp3) is 0.120. The van der Waals surface area contributed by atoms with Crippen molar-refractivity contribution in [3.05, 3.63) is 95.0 Å². The lowest BCUT2D eigenvalue weighted by molar-refractivity contribution is -0.307. The predicted octanol–water partition coefficient (Wildman–Crippen LogP) is 3.26. The molecular formula is C25H21N6O3S-. The molecular weight excluding hydrogens is 464 g/mol. The molecule has 5 rings (SSSR count). The lowest BCUT2D eigenvalue weighted by Gasteiger charge is -2.39. The summed E-state index contributed by atoms with van der Waals surface area (Å²) in [6, 6.07) is 20.9. The largest absolute Gasteiger partial charge is 0.548 e. The summed E-state index contributed by atoms with van der Waals surface area (Å²) in [5.41, 5.74) is 4.77. The molecule has 1 aliphatic rings. The number of aromatic nitrogens is 3. The van der Waals surface area contributed by atoms with Crippen LogP contribution in [0.15, 0.2) is 79.1 Å². The van der Waals surface area contributed by atoms with E-state index in [1.807, 2.05) is 35.2 Å². The van der Waals surface area contributed by atoms with Crippen molar-refractivity contribution in [1.82, 2.24) is 14.8 Å². The number of hydrogen-bond acceptors (Lipinski definition) is 6. The van der Waals surface area contributed by atoms with Gasteiger partial charge in [0.15, 0.2) is 4.77 Å². The third kappa shape index (κ3) is 4.78. The van der Waals surface area contributed by atoms with E-state index < -0.39 is 18.0 Å². The maximum Gasteiger partial charge on any atom is 0.323 e. The Hall–Kier alpha value is -4.44. The summed E-state index contributed by atoms with van der Waals surface area (Å²) in [5, 5.41) is 24.0. The lowest BCUT2D eigenvalue weighted by atomic mass is 9.93. The highest BCUT2D eigenvalue weighted by molar-refractivity contribution is 7.71. The fourth-order valence-corrected chi connectivity index (χ4v) is 4.41. The van der Waals surface area contributed by atoms with Gasteiger partial charge in [-0.3, -0.25) is 9.67 Å². The van der Waals surface area contributed by atoms with Crippen LogP contribution in [0, 0.1) is 4.77 Å². The number of urea groups is 1. The molecule has 10 heteroatoms. The van der Waals surface area contributed by atoms with Crippen molar-refractivity contribution in [1.29, 1.82) is 0 Å². The van der Waals surface area contributed by atoms with Gasteiger partial charge in [0.1, 0.15) is 6.33 Å². The number of carboxylic acid groups (broad SMARTS) is 1. The predicted molar refractivity (Wildman–Crippen MR) is 133 cm³/mol. The Morgan fingerprint density at radius 3 is 2.40 bits per heavy atom. The molecule has 0 spiro atoms. The first-order valence-electron chi connectivity index (χ1n) is 10.9. The minimum absolute atomic E-state index is 0.379. The van der Waals surface area contributed by atoms with Gasteiger partial charge in [0, 0.05) is 23.6 Å². The molecule has 35 heavy (non-hydrogen) atoms. The minimum atomic E-state index is -1.11. The molecule has 1 unspecified atom stereocenters. The Labute approximate surface area is 206 Å². The van der Waals surface area contributed by atoms with Crippen LogP contribution in [0.2, 0.25) is 0 Å². The number of carbonyl (C=O) groups excluding carboxylic acids is 2. The molecule has 4 aromatic rings. The Morgan fingerprint density at radius 2 is 1.69 bits per heavy atom. The Balaban J connectivity index is 1.27. The number of carbonyl (C=O) groups is 2. The van der Waals surface area contributed by atoms with E-state index in [1.165, 1.54) is 0 Å². The number of anilines is 3. The first kappa shape index (κ1) is 22.4. The molecule has 0 fully saturated rings. The van der Waals surface area contributed by atoms with Gasteiger partial charge in [0.25, 0.3) is 0 Å². The Bertz CT molecular complexity index is 1450. The van der Waals surface area contributed by atoms with Gasteiger partial charge in [-0.2, -0.15) is 5.10 Å². The second-order valence-electron chi connectivity index (χ2n) is 8.14. The molecule has 3 N–H and O–H groups in total. The standard InChI is InChI=1S/C25H22N6O3S/c32-23(33)22-12-16-4-1-2-5-17(16)14-30(22)20-10-8-18(9-11-20)27-24(34)28-19-6-3-7-21(13-19)31-15-26-29-25(31)35/h1-11,13,15,22H,12,14H2,(H,29,35)(H,32,33)(H2,27,28,34)/p-1. The topological polar surface area (TPSA) is 118 Å². The number of nitrogens with one attached hydrogen (secondary N) is 3. The Morgan fingerprint density at radius 1 is 0.943 bits per heavy atom. The molecule has 0 aliphatic carbocycles. The number of H-pyrrole nitrogens is 1. The number of amides is 2. The smallest absolute Gasteiger partial charge is 0.323 e. The average molecular weight is 486 g/mol. The number of hydrogen-bond donors (Lipinski definition) is 3. The van der Waals surface area contributed by atoms with Gasteiger partial charge in [-0.05, 0) is 72.2 Å². The van der Waals surface area contributed by atoms with E-state index >= 15 is 0 Å². The second-order valence-corrected chi connectivity index (χ2v) is 8.53. The highest BCUT2D eigenvalue weighted by Gasteiger charge is 2.27. The highest BCUT2D eigenvalue weighted by atomic mass is 32.1. The third-order valence-corrected chi connectivity index (χ3v) is 6.20. The maximum absolute atomic E-state index is 12.5. The van der Waals surface area contributed by atoms with Crippen LogP contribution in [0.1, 0.15) is 11.1 Å². The number of rotatable bonds is 5. The molecule has 9 nitrogen and oxygen atoms in total. The Kier molecular flexibility index (Phi) is 6.02. The molecule has 2 heterocycles. The van der Waals surface area contributed by atoms with Gasteiger partial charge in [0.05, 0.1) is 17.7 Å². The van der Waals surface area contributed by atoms with Gasteiger partial charge >= 0.3 is 6.03 Å². The van der Waals surface area contributed by atoms with E-state index in [0.29, 0.717) is 29.1 Å². The molecule has 0 saturated heterocycles. The lowest BCUT2D eigenvalue weighted by Crippen LogP contribution is -2.51. The van der Waals surface area contributed by atoms with Crippen LogP contribution in [0.3, 0.4) is 0 Å². The number of nitrogens with zero attached hydrogens (tertiary/aromatic N) is 3. The zero-order chi connectivity index (χ0) is 24.4. The van der Waals surface area contributed by atoms with E-state index in [1.54, 1.807) is 53.4 Å². The van der Waals surface area contributed by atoms with Crippen molar-refractivity contribution in [2.75, 3.05) is 15.5 Å². The van der Waals surface area contributed by atoms with Crippen molar-refractivity contribution >= 4 is 41.3 Å². The van der Waals surface area contributed by atoms with Crippen molar-refractivity contribution in [2.45, 2.75) is 19.0 Å². The first-order valence-corrected chi connectivity index (χ1v) is 11.3. The second kappa shape index (κ2) is 9.43. The molecule has 0 saturated carbocycles. The molecule has 176 valence electrons. The number of aromatic amines is 1.